The highest BCUT2D eigenvalue weighted by molar-refractivity contribution is 6.31. The highest BCUT2D eigenvalue weighted by atomic mass is 35.5. The normalized spacial score (nSPS) is 15.5. The summed E-state index contributed by atoms with van der Waals surface area (Å²) in [7, 11) is 6.83. The van der Waals surface area contributed by atoms with Gasteiger partial charge in [0, 0.05) is 30.5 Å². The maximum Gasteiger partial charge on any atom is 0.338 e. The van der Waals surface area contributed by atoms with E-state index >= 15 is 0 Å². The second kappa shape index (κ2) is 11.4. The van der Waals surface area contributed by atoms with E-state index in [2.05, 4.69) is 0 Å². The van der Waals surface area contributed by atoms with Gasteiger partial charge < -0.3 is 24.0 Å². The summed E-state index contributed by atoms with van der Waals surface area (Å²) in [5.74, 6) is 0.498. The smallest absolute Gasteiger partial charge is 0.338 e. The maximum atomic E-state index is 13.8. The number of anilines is 2. The van der Waals surface area contributed by atoms with Crippen LogP contribution in [0, 0.1) is 0 Å². The minimum absolute atomic E-state index is 0.0403. The van der Waals surface area contributed by atoms with Gasteiger partial charge in [0.05, 0.1) is 38.3 Å². The number of hydrogen-bond donors (Lipinski definition) is 0. The zero-order chi connectivity index (χ0) is 27.6. The fourth-order valence-electron chi connectivity index (χ4n) is 4.67. The molecule has 0 radical (unpaired) electrons. The predicted octanol–water partition coefficient (Wildman–Crippen LogP) is 6.06. The summed E-state index contributed by atoms with van der Waals surface area (Å²) < 4.78 is 16.9. The molecule has 2 atom stereocenters. The second-order valence-corrected chi connectivity index (χ2v) is 9.95. The van der Waals surface area contributed by atoms with E-state index in [4.69, 9.17) is 25.8 Å². The molecule has 0 saturated carbocycles. The molecule has 200 valence electrons. The van der Waals surface area contributed by atoms with Crippen LogP contribution in [0.1, 0.15) is 53.4 Å². The Morgan fingerprint density at radius 3 is 2.37 bits per heavy atom. The van der Waals surface area contributed by atoms with Gasteiger partial charge in [-0.25, -0.2) is 4.79 Å². The van der Waals surface area contributed by atoms with Crippen LogP contribution < -0.4 is 19.3 Å². The molecule has 1 aliphatic rings. The van der Waals surface area contributed by atoms with Gasteiger partial charge in [0.1, 0.15) is 0 Å². The molecular weight excluding hydrogens is 504 g/mol. The van der Waals surface area contributed by atoms with Crippen molar-refractivity contribution in [1.29, 1.82) is 0 Å². The Bertz CT molecular complexity index is 1340. The van der Waals surface area contributed by atoms with Crippen LogP contribution in [-0.2, 0) is 16.0 Å². The van der Waals surface area contributed by atoms with Gasteiger partial charge in [-0.15, -0.1) is 0 Å². The molecule has 0 N–H and O–H groups in total. The number of fused-ring (bicyclic) bond motifs is 1. The Balaban J connectivity index is 1.98. The lowest BCUT2D eigenvalue weighted by atomic mass is 9.85. The zero-order valence-corrected chi connectivity index (χ0v) is 23.3. The van der Waals surface area contributed by atoms with Gasteiger partial charge in [-0.1, -0.05) is 24.6 Å². The number of halogens is 1. The first kappa shape index (κ1) is 27.3. The molecule has 0 aromatic heterocycles. The number of methoxy groups -OCH3 is 2. The summed E-state index contributed by atoms with van der Waals surface area (Å²) in [6.45, 7) is 4.04. The van der Waals surface area contributed by atoms with Crippen LogP contribution in [0.15, 0.2) is 54.6 Å². The number of ether oxygens (including phenoxy) is 3. The largest absolute Gasteiger partial charge is 0.493 e. The molecule has 1 unspecified atom stereocenters. The lowest BCUT2D eigenvalue weighted by molar-refractivity contribution is -0.118. The van der Waals surface area contributed by atoms with E-state index in [-0.39, 0.29) is 18.4 Å². The van der Waals surface area contributed by atoms with Crippen molar-refractivity contribution in [3.63, 3.8) is 0 Å². The molecule has 0 aliphatic carbocycles. The lowest BCUT2D eigenvalue weighted by Crippen LogP contribution is -2.41. The van der Waals surface area contributed by atoms with Crippen molar-refractivity contribution >= 4 is 34.9 Å². The summed E-state index contributed by atoms with van der Waals surface area (Å²) in [6.07, 6.45) is 0.944. The van der Waals surface area contributed by atoms with Crippen molar-refractivity contribution in [2.24, 2.45) is 0 Å². The van der Waals surface area contributed by atoms with Gasteiger partial charge in [0.2, 0.25) is 5.91 Å². The molecule has 7 nitrogen and oxygen atoms in total. The molecule has 4 rings (SSSR count). The minimum atomic E-state index is -0.631. The van der Waals surface area contributed by atoms with Crippen LogP contribution in [0.4, 0.5) is 11.4 Å². The molecule has 1 amide bonds. The third-order valence-corrected chi connectivity index (χ3v) is 7.09. The molecule has 0 saturated heterocycles. The SMILES string of the molecule is CC[C@@H](C)Oc1cc2c(cc1OC)CC(=O)N(c1ccc(N(C)C)cc1)C2c1ccc(Cl)cc1C(=O)OC. The van der Waals surface area contributed by atoms with Crippen molar-refractivity contribution < 1.29 is 23.8 Å². The molecule has 1 aliphatic heterocycles. The lowest BCUT2D eigenvalue weighted by Gasteiger charge is -2.39. The Kier molecular flexibility index (Phi) is 8.17. The second-order valence-electron chi connectivity index (χ2n) is 9.52. The number of nitrogens with zero attached hydrogens (tertiary/aromatic N) is 2. The molecule has 8 heteroatoms. The van der Waals surface area contributed by atoms with Gasteiger partial charge in [-0.2, -0.15) is 0 Å². The van der Waals surface area contributed by atoms with Crippen LogP contribution in [0.5, 0.6) is 11.5 Å². The molecular formula is C30H33ClN2O5. The number of amides is 1. The molecule has 3 aromatic rings. The van der Waals surface area contributed by atoms with Crippen molar-refractivity contribution in [2.45, 2.75) is 38.8 Å². The Labute approximate surface area is 228 Å². The molecule has 38 heavy (non-hydrogen) atoms. The van der Waals surface area contributed by atoms with E-state index in [1.165, 1.54) is 7.11 Å². The average molecular weight is 537 g/mol. The van der Waals surface area contributed by atoms with E-state index in [1.54, 1.807) is 30.2 Å². The fraction of sp³-hybridized carbons (Fsp3) is 0.333. The third kappa shape index (κ3) is 5.29. The van der Waals surface area contributed by atoms with E-state index in [0.717, 1.165) is 23.2 Å². The van der Waals surface area contributed by atoms with Crippen molar-refractivity contribution in [3.05, 3.63) is 81.9 Å². The van der Waals surface area contributed by atoms with Gasteiger partial charge >= 0.3 is 5.97 Å². The summed E-state index contributed by atoms with van der Waals surface area (Å²) in [6, 6.07) is 16.0. The molecule has 1 heterocycles. The fourth-order valence-corrected chi connectivity index (χ4v) is 4.85. The quantitative estimate of drug-likeness (QED) is 0.326. The van der Waals surface area contributed by atoms with Crippen LogP contribution in [0.25, 0.3) is 0 Å². The number of hydrogen-bond acceptors (Lipinski definition) is 6. The average Bonchev–Trinajstić information content (AvgIpc) is 2.91. The van der Waals surface area contributed by atoms with Gasteiger partial charge in [-0.05, 0) is 78.6 Å². The Morgan fingerprint density at radius 1 is 1.05 bits per heavy atom. The Hall–Kier alpha value is -3.71. The van der Waals surface area contributed by atoms with Crippen molar-refractivity contribution in [3.8, 4) is 11.5 Å². The molecule has 3 aromatic carbocycles. The minimum Gasteiger partial charge on any atom is -0.493 e. The third-order valence-electron chi connectivity index (χ3n) is 6.85. The first-order valence-electron chi connectivity index (χ1n) is 12.5. The number of carbonyl (C=O) groups is 2. The molecule has 0 spiro atoms. The summed E-state index contributed by atoms with van der Waals surface area (Å²) in [4.78, 5) is 30.4. The molecule has 0 bridgehead atoms. The van der Waals surface area contributed by atoms with Crippen LogP contribution in [-0.4, -0.2) is 46.3 Å². The van der Waals surface area contributed by atoms with Crippen molar-refractivity contribution in [2.75, 3.05) is 38.1 Å². The van der Waals surface area contributed by atoms with Gasteiger partial charge in [-0.3, -0.25) is 4.79 Å². The first-order valence-corrected chi connectivity index (χ1v) is 12.9. The summed E-state index contributed by atoms with van der Waals surface area (Å²) >= 11 is 6.29. The van der Waals surface area contributed by atoms with Crippen LogP contribution in [0.3, 0.4) is 0 Å². The summed E-state index contributed by atoms with van der Waals surface area (Å²) in [5.41, 5.74) is 4.26. The topological polar surface area (TPSA) is 68.3 Å². The summed E-state index contributed by atoms with van der Waals surface area (Å²) in [5, 5.41) is 0.397. The van der Waals surface area contributed by atoms with E-state index < -0.39 is 12.0 Å². The maximum absolute atomic E-state index is 13.8. The first-order chi connectivity index (χ1) is 18.2. The van der Waals surface area contributed by atoms with Gasteiger partial charge in [0.15, 0.2) is 11.5 Å². The highest BCUT2D eigenvalue weighted by Gasteiger charge is 2.38. The standard InChI is InChI=1S/C30H33ClN2O5/c1-7-18(2)38-27-17-24-19(14-26(27)36-5)15-28(34)33(22-11-9-21(10-12-22)32(3)4)29(24)23-13-8-20(31)16-25(23)30(35)37-6/h8-14,16-18,29H,7,15H2,1-6H3/t18-,29?/m1/s1. The molecule has 0 fully saturated rings. The van der Waals surface area contributed by atoms with Gasteiger partial charge in [0.25, 0.3) is 0 Å². The van der Waals surface area contributed by atoms with Crippen LogP contribution in [0.2, 0.25) is 5.02 Å². The van der Waals surface area contributed by atoms with Crippen molar-refractivity contribution in [1.82, 2.24) is 0 Å². The number of benzene rings is 3. The van der Waals surface area contributed by atoms with E-state index in [1.807, 2.05) is 69.2 Å². The number of carbonyl (C=O) groups excluding carboxylic acids is 2. The van der Waals surface area contributed by atoms with E-state index in [9.17, 15) is 9.59 Å². The zero-order valence-electron chi connectivity index (χ0n) is 22.6. The highest BCUT2D eigenvalue weighted by Crippen LogP contribution is 2.45. The number of rotatable bonds is 8. The Morgan fingerprint density at radius 2 is 1.76 bits per heavy atom. The predicted molar refractivity (Wildman–Crippen MR) is 150 cm³/mol. The van der Waals surface area contributed by atoms with Crippen LogP contribution >= 0.6 is 11.6 Å². The number of esters is 1. The monoisotopic (exact) mass is 536 g/mol. The van der Waals surface area contributed by atoms with E-state index in [0.29, 0.717) is 33.3 Å².